The van der Waals surface area contributed by atoms with E-state index in [2.05, 4.69) is 27.3 Å². The van der Waals surface area contributed by atoms with Crippen LogP contribution in [-0.2, 0) is 16.6 Å². The Bertz CT molecular complexity index is 441. The molecule has 0 saturated carbocycles. The standard InChI is InChI=1S/C7H13N5O2S2/c1-6(7(8)15)16(13,14)10-3-5-12-4-2-9-11-12/h2,4,6,10H,3,5H2,1H3,(H2,8,15). The topological polar surface area (TPSA) is 103 Å². The molecule has 0 aliphatic rings. The molecule has 0 amide bonds. The average molecular weight is 263 g/mol. The first kappa shape index (κ1) is 13.0. The highest BCUT2D eigenvalue weighted by atomic mass is 32.2. The number of aromatic nitrogens is 3. The van der Waals surface area contributed by atoms with Gasteiger partial charge in [-0.15, -0.1) is 5.10 Å². The van der Waals surface area contributed by atoms with Crippen LogP contribution in [-0.4, -0.2) is 40.2 Å². The van der Waals surface area contributed by atoms with Crippen molar-refractivity contribution in [3.8, 4) is 0 Å². The van der Waals surface area contributed by atoms with Crippen LogP contribution in [0.25, 0.3) is 0 Å². The highest BCUT2D eigenvalue weighted by Crippen LogP contribution is 1.98. The fraction of sp³-hybridized carbons (Fsp3) is 0.571. The third-order valence-electron chi connectivity index (χ3n) is 1.98. The Morgan fingerprint density at radius 1 is 1.69 bits per heavy atom. The molecule has 0 radical (unpaired) electrons. The molecular formula is C7H13N5O2S2. The zero-order valence-electron chi connectivity index (χ0n) is 8.70. The van der Waals surface area contributed by atoms with Gasteiger partial charge in [0.2, 0.25) is 10.0 Å². The third kappa shape index (κ3) is 3.51. The SMILES string of the molecule is CC(C(N)=S)S(=O)(=O)NCCn1ccnn1. The molecule has 0 bridgehead atoms. The van der Waals surface area contributed by atoms with Gasteiger partial charge in [0.05, 0.1) is 17.7 Å². The van der Waals surface area contributed by atoms with Crippen LogP contribution in [0.4, 0.5) is 0 Å². The molecule has 0 aliphatic carbocycles. The lowest BCUT2D eigenvalue weighted by Gasteiger charge is -2.12. The van der Waals surface area contributed by atoms with Crippen LogP contribution in [0.5, 0.6) is 0 Å². The van der Waals surface area contributed by atoms with Crippen LogP contribution in [0.2, 0.25) is 0 Å². The highest BCUT2D eigenvalue weighted by Gasteiger charge is 2.22. The predicted octanol–water partition coefficient (Wildman–Crippen LogP) is -1.13. The minimum Gasteiger partial charge on any atom is -0.392 e. The molecule has 1 heterocycles. The third-order valence-corrected chi connectivity index (χ3v) is 4.28. The first-order valence-corrected chi connectivity index (χ1v) is 6.51. The summed E-state index contributed by atoms with van der Waals surface area (Å²) in [5.41, 5.74) is 5.27. The smallest absolute Gasteiger partial charge is 0.220 e. The molecule has 3 N–H and O–H groups in total. The molecule has 9 heteroatoms. The second-order valence-electron chi connectivity index (χ2n) is 3.15. The molecule has 0 fully saturated rings. The molecular weight excluding hydrogens is 250 g/mol. The van der Waals surface area contributed by atoms with Gasteiger partial charge in [-0.3, -0.25) is 4.68 Å². The van der Waals surface area contributed by atoms with Gasteiger partial charge in [0.25, 0.3) is 0 Å². The van der Waals surface area contributed by atoms with E-state index in [9.17, 15) is 8.42 Å². The van der Waals surface area contributed by atoms with E-state index in [0.29, 0.717) is 6.54 Å². The zero-order chi connectivity index (χ0) is 12.2. The summed E-state index contributed by atoms with van der Waals surface area (Å²) < 4.78 is 27.1. The summed E-state index contributed by atoms with van der Waals surface area (Å²) in [6.45, 7) is 2.07. The molecule has 7 nitrogen and oxygen atoms in total. The lowest BCUT2D eigenvalue weighted by atomic mass is 10.5. The fourth-order valence-corrected chi connectivity index (χ4v) is 2.24. The van der Waals surface area contributed by atoms with Gasteiger partial charge < -0.3 is 5.73 Å². The summed E-state index contributed by atoms with van der Waals surface area (Å²) in [5, 5.41) is 6.42. The summed E-state index contributed by atoms with van der Waals surface area (Å²) in [6.07, 6.45) is 3.16. The van der Waals surface area contributed by atoms with Crippen molar-refractivity contribution in [2.24, 2.45) is 5.73 Å². The maximum Gasteiger partial charge on any atom is 0.220 e. The van der Waals surface area contributed by atoms with E-state index in [1.165, 1.54) is 17.8 Å². The molecule has 16 heavy (non-hydrogen) atoms. The molecule has 0 spiro atoms. The summed E-state index contributed by atoms with van der Waals surface area (Å²) in [7, 11) is -3.49. The lowest BCUT2D eigenvalue weighted by Crippen LogP contribution is -2.41. The minimum atomic E-state index is -3.49. The predicted molar refractivity (Wildman–Crippen MR) is 63.2 cm³/mol. The molecule has 1 atom stereocenters. The molecule has 1 aromatic heterocycles. The maximum atomic E-state index is 11.6. The van der Waals surface area contributed by atoms with E-state index in [1.807, 2.05) is 0 Å². The number of thiocarbonyl (C=S) groups is 1. The van der Waals surface area contributed by atoms with Crippen LogP contribution >= 0.6 is 12.2 Å². The molecule has 1 aromatic rings. The van der Waals surface area contributed by atoms with Crippen LogP contribution < -0.4 is 10.5 Å². The van der Waals surface area contributed by atoms with Crippen molar-refractivity contribution in [3.05, 3.63) is 12.4 Å². The van der Waals surface area contributed by atoms with Crippen molar-refractivity contribution >= 4 is 27.2 Å². The molecule has 1 unspecified atom stereocenters. The van der Waals surface area contributed by atoms with E-state index < -0.39 is 15.3 Å². The Labute approximate surface area is 99.1 Å². The van der Waals surface area contributed by atoms with Crippen LogP contribution in [0.15, 0.2) is 12.4 Å². The first-order chi connectivity index (χ1) is 7.43. The van der Waals surface area contributed by atoms with E-state index in [0.717, 1.165) is 0 Å². The summed E-state index contributed by atoms with van der Waals surface area (Å²) in [4.78, 5) is -0.0479. The Morgan fingerprint density at radius 3 is 2.88 bits per heavy atom. The number of hydrogen-bond acceptors (Lipinski definition) is 5. The van der Waals surface area contributed by atoms with Gasteiger partial charge in [0.15, 0.2) is 0 Å². The molecule has 0 aromatic carbocycles. The summed E-state index contributed by atoms with van der Waals surface area (Å²) in [6, 6.07) is 0. The Balaban J connectivity index is 2.46. The number of nitrogens with zero attached hydrogens (tertiary/aromatic N) is 3. The van der Waals surface area contributed by atoms with Gasteiger partial charge >= 0.3 is 0 Å². The van der Waals surface area contributed by atoms with Crippen molar-refractivity contribution in [3.63, 3.8) is 0 Å². The number of nitrogens with one attached hydrogen (secondary N) is 1. The number of sulfonamides is 1. The number of rotatable bonds is 6. The number of nitrogens with two attached hydrogens (primary N) is 1. The largest absolute Gasteiger partial charge is 0.392 e. The van der Waals surface area contributed by atoms with E-state index in [-0.39, 0.29) is 11.5 Å². The molecule has 0 saturated heterocycles. The Kier molecular flexibility index (Phi) is 4.33. The van der Waals surface area contributed by atoms with E-state index >= 15 is 0 Å². The molecule has 0 aliphatic heterocycles. The molecule has 1 rings (SSSR count). The second kappa shape index (κ2) is 5.32. The normalized spacial score (nSPS) is 13.6. The van der Waals surface area contributed by atoms with Crippen LogP contribution in [0.1, 0.15) is 6.92 Å². The van der Waals surface area contributed by atoms with Gasteiger partial charge in [-0.1, -0.05) is 17.4 Å². The van der Waals surface area contributed by atoms with Crippen LogP contribution in [0, 0.1) is 0 Å². The lowest BCUT2D eigenvalue weighted by molar-refractivity contribution is 0.551. The maximum absolute atomic E-state index is 11.6. The highest BCUT2D eigenvalue weighted by molar-refractivity contribution is 7.93. The van der Waals surface area contributed by atoms with Gasteiger partial charge in [-0.2, -0.15) is 0 Å². The second-order valence-corrected chi connectivity index (χ2v) is 5.71. The Hall–Kier alpha value is -1.06. The average Bonchev–Trinajstić information content (AvgIpc) is 2.69. The Morgan fingerprint density at radius 2 is 2.38 bits per heavy atom. The summed E-state index contributed by atoms with van der Waals surface area (Å²) >= 11 is 4.63. The summed E-state index contributed by atoms with van der Waals surface area (Å²) in [5.74, 6) is 0. The minimum absolute atomic E-state index is 0.0479. The number of hydrogen-bond donors (Lipinski definition) is 2. The van der Waals surface area contributed by atoms with Gasteiger partial charge in [0, 0.05) is 12.7 Å². The van der Waals surface area contributed by atoms with Gasteiger partial charge in [-0.25, -0.2) is 13.1 Å². The van der Waals surface area contributed by atoms with Gasteiger partial charge in [-0.05, 0) is 6.92 Å². The van der Waals surface area contributed by atoms with E-state index in [4.69, 9.17) is 5.73 Å². The fourth-order valence-electron chi connectivity index (χ4n) is 0.932. The first-order valence-electron chi connectivity index (χ1n) is 4.55. The zero-order valence-corrected chi connectivity index (χ0v) is 10.3. The monoisotopic (exact) mass is 263 g/mol. The van der Waals surface area contributed by atoms with Crippen molar-refractivity contribution in [2.75, 3.05) is 6.54 Å². The van der Waals surface area contributed by atoms with Gasteiger partial charge in [0.1, 0.15) is 5.25 Å². The molecule has 90 valence electrons. The quantitative estimate of drug-likeness (QED) is 0.630. The van der Waals surface area contributed by atoms with Crippen LogP contribution in [0.3, 0.4) is 0 Å². The van der Waals surface area contributed by atoms with E-state index in [1.54, 1.807) is 6.20 Å². The van der Waals surface area contributed by atoms with Crippen molar-refractivity contribution in [1.29, 1.82) is 0 Å². The van der Waals surface area contributed by atoms with Crippen molar-refractivity contribution < 1.29 is 8.42 Å². The van der Waals surface area contributed by atoms with Crippen molar-refractivity contribution in [2.45, 2.75) is 18.7 Å². The van der Waals surface area contributed by atoms with Crippen molar-refractivity contribution in [1.82, 2.24) is 19.7 Å².